The van der Waals surface area contributed by atoms with Gasteiger partial charge in [0.05, 0.1) is 10.9 Å². The summed E-state index contributed by atoms with van der Waals surface area (Å²) >= 11 is 0. The molecule has 0 unspecified atom stereocenters. The maximum absolute atomic E-state index is 12.7. The van der Waals surface area contributed by atoms with Gasteiger partial charge in [-0.05, 0) is 24.8 Å². The highest BCUT2D eigenvalue weighted by Crippen LogP contribution is 2.35. The fourth-order valence-electron chi connectivity index (χ4n) is 3.61. The summed E-state index contributed by atoms with van der Waals surface area (Å²) in [5.41, 5.74) is 6.34. The van der Waals surface area contributed by atoms with Crippen LogP contribution in [0, 0.1) is 5.92 Å². The lowest BCUT2D eigenvalue weighted by atomic mass is 9.99. The van der Waals surface area contributed by atoms with Crippen molar-refractivity contribution in [1.29, 1.82) is 0 Å². The number of rotatable bonds is 4. The maximum Gasteiger partial charge on any atom is 0.279 e. The van der Waals surface area contributed by atoms with Gasteiger partial charge in [-0.2, -0.15) is 10.1 Å². The molecule has 2 aromatic heterocycles. The Bertz CT molecular complexity index is 999. The Morgan fingerprint density at radius 3 is 2.62 bits per heavy atom. The molecule has 0 radical (unpaired) electrons. The summed E-state index contributed by atoms with van der Waals surface area (Å²) in [6.07, 6.45) is 3.85. The van der Waals surface area contributed by atoms with Crippen molar-refractivity contribution in [3.8, 4) is 11.6 Å². The molecule has 0 amide bonds. The van der Waals surface area contributed by atoms with Crippen LogP contribution in [-0.2, 0) is 12.1 Å². The molecule has 7 heteroatoms. The van der Waals surface area contributed by atoms with Crippen molar-refractivity contribution >= 4 is 10.8 Å². The lowest BCUT2D eigenvalue weighted by Crippen LogP contribution is -2.34. The molecule has 4 rings (SSSR count). The molecule has 1 aromatic carbocycles. The second-order valence-corrected chi connectivity index (χ2v) is 7.56. The molecule has 0 bridgehead atoms. The summed E-state index contributed by atoms with van der Waals surface area (Å²) in [7, 11) is 0. The van der Waals surface area contributed by atoms with Gasteiger partial charge in [-0.3, -0.25) is 4.79 Å². The number of nitrogens with two attached hydrogens (primary N) is 1. The molecule has 0 saturated heterocycles. The van der Waals surface area contributed by atoms with E-state index >= 15 is 0 Å². The first-order valence-corrected chi connectivity index (χ1v) is 9.11. The largest absolute Gasteiger partial charge is 0.332 e. The summed E-state index contributed by atoms with van der Waals surface area (Å²) in [4.78, 5) is 17.3. The van der Waals surface area contributed by atoms with E-state index in [0.29, 0.717) is 40.6 Å². The molecule has 136 valence electrons. The van der Waals surface area contributed by atoms with Crippen LogP contribution in [0.1, 0.15) is 45.4 Å². The summed E-state index contributed by atoms with van der Waals surface area (Å²) in [5, 5.41) is 9.98. The van der Waals surface area contributed by atoms with E-state index in [0.717, 1.165) is 25.7 Å². The van der Waals surface area contributed by atoms with Crippen molar-refractivity contribution in [2.24, 2.45) is 11.7 Å². The highest BCUT2D eigenvalue weighted by atomic mass is 16.5. The highest BCUT2D eigenvalue weighted by molar-refractivity contribution is 5.91. The molecule has 0 spiro atoms. The molecule has 7 nitrogen and oxygen atoms in total. The Kier molecular flexibility index (Phi) is 4.11. The highest BCUT2D eigenvalue weighted by Gasteiger charge is 2.36. The van der Waals surface area contributed by atoms with Gasteiger partial charge in [0.2, 0.25) is 0 Å². The number of fused-ring (bicyclic) bond motifs is 1. The van der Waals surface area contributed by atoms with E-state index in [1.807, 2.05) is 32.0 Å². The summed E-state index contributed by atoms with van der Waals surface area (Å²) in [6, 6.07) is 7.38. The summed E-state index contributed by atoms with van der Waals surface area (Å²) in [5.74, 6) is 1.13. The van der Waals surface area contributed by atoms with Gasteiger partial charge in [-0.15, -0.1) is 0 Å². The van der Waals surface area contributed by atoms with E-state index < -0.39 is 5.54 Å². The van der Waals surface area contributed by atoms with Crippen molar-refractivity contribution in [2.45, 2.75) is 51.6 Å². The van der Waals surface area contributed by atoms with Gasteiger partial charge in [0.15, 0.2) is 11.5 Å². The molecule has 3 aromatic rings. The Labute approximate surface area is 151 Å². The third-order valence-corrected chi connectivity index (χ3v) is 4.98. The van der Waals surface area contributed by atoms with Crippen molar-refractivity contribution in [2.75, 3.05) is 0 Å². The van der Waals surface area contributed by atoms with Crippen LogP contribution in [0.4, 0.5) is 0 Å². The van der Waals surface area contributed by atoms with Crippen LogP contribution >= 0.6 is 0 Å². The zero-order valence-electron chi connectivity index (χ0n) is 15.1. The van der Waals surface area contributed by atoms with Crippen LogP contribution in [-0.4, -0.2) is 19.9 Å². The van der Waals surface area contributed by atoms with Gasteiger partial charge in [0.1, 0.15) is 0 Å². The van der Waals surface area contributed by atoms with Gasteiger partial charge in [-0.25, -0.2) is 4.68 Å². The van der Waals surface area contributed by atoms with E-state index in [9.17, 15) is 4.79 Å². The number of benzene rings is 1. The molecule has 1 saturated carbocycles. The van der Waals surface area contributed by atoms with Gasteiger partial charge in [-0.1, -0.05) is 50.0 Å². The van der Waals surface area contributed by atoms with Crippen LogP contribution in [0.2, 0.25) is 0 Å². The van der Waals surface area contributed by atoms with Crippen LogP contribution < -0.4 is 11.3 Å². The smallest absolute Gasteiger partial charge is 0.279 e. The molecular weight excluding hydrogens is 330 g/mol. The lowest BCUT2D eigenvalue weighted by Gasteiger charge is -2.17. The predicted molar refractivity (Wildman–Crippen MR) is 98.5 cm³/mol. The third-order valence-electron chi connectivity index (χ3n) is 4.98. The second kappa shape index (κ2) is 6.32. The van der Waals surface area contributed by atoms with Gasteiger partial charge >= 0.3 is 0 Å². The minimum absolute atomic E-state index is 0.108. The molecule has 1 fully saturated rings. The standard InChI is InChI=1S/C19H23N5O2/c1-12(2)11-24-17(25)14-8-4-3-7-13(14)15(22-24)16-21-18(23-26-16)19(20)9-5-6-10-19/h3-4,7-8,12H,5-6,9-11,20H2,1-2H3. The molecule has 26 heavy (non-hydrogen) atoms. The fraction of sp³-hybridized carbons (Fsp3) is 0.474. The zero-order chi connectivity index (χ0) is 18.3. The molecule has 1 aliphatic carbocycles. The van der Waals surface area contributed by atoms with Crippen LogP contribution in [0.25, 0.3) is 22.4 Å². The minimum Gasteiger partial charge on any atom is -0.332 e. The first-order valence-electron chi connectivity index (χ1n) is 9.11. The fourth-order valence-corrected chi connectivity index (χ4v) is 3.61. The van der Waals surface area contributed by atoms with Gasteiger partial charge < -0.3 is 10.3 Å². The quantitative estimate of drug-likeness (QED) is 0.774. The lowest BCUT2D eigenvalue weighted by molar-refractivity contribution is 0.371. The van der Waals surface area contributed by atoms with Crippen molar-refractivity contribution in [1.82, 2.24) is 19.9 Å². The molecule has 1 aliphatic rings. The molecule has 2 N–H and O–H groups in total. The first-order chi connectivity index (χ1) is 12.5. The topological polar surface area (TPSA) is 99.8 Å². The Balaban J connectivity index is 1.87. The third kappa shape index (κ3) is 2.82. The van der Waals surface area contributed by atoms with Gasteiger partial charge in [0, 0.05) is 11.9 Å². The monoisotopic (exact) mass is 353 g/mol. The van der Waals surface area contributed by atoms with Gasteiger partial charge in [0.25, 0.3) is 11.4 Å². The maximum atomic E-state index is 12.7. The van der Waals surface area contributed by atoms with Crippen LogP contribution in [0.3, 0.4) is 0 Å². The number of aromatic nitrogens is 4. The zero-order valence-corrected chi connectivity index (χ0v) is 15.1. The molecule has 2 heterocycles. The Morgan fingerprint density at radius 1 is 1.23 bits per heavy atom. The summed E-state index contributed by atoms with van der Waals surface area (Å²) < 4.78 is 7.00. The average Bonchev–Trinajstić information content (AvgIpc) is 3.27. The SMILES string of the molecule is CC(C)Cn1nc(-c2nc(C3(N)CCCC3)no2)c2ccccc2c1=O. The van der Waals surface area contributed by atoms with E-state index in [1.165, 1.54) is 4.68 Å². The van der Waals surface area contributed by atoms with E-state index in [1.54, 1.807) is 6.07 Å². The Hall–Kier alpha value is -2.54. The van der Waals surface area contributed by atoms with Crippen molar-refractivity contribution in [3.63, 3.8) is 0 Å². The molecule has 0 atom stereocenters. The second-order valence-electron chi connectivity index (χ2n) is 7.56. The number of hydrogen-bond acceptors (Lipinski definition) is 6. The van der Waals surface area contributed by atoms with Crippen LogP contribution in [0.15, 0.2) is 33.6 Å². The summed E-state index contributed by atoms with van der Waals surface area (Å²) in [6.45, 7) is 4.62. The molecular formula is C19H23N5O2. The predicted octanol–water partition coefficient (Wildman–Crippen LogP) is 2.83. The van der Waals surface area contributed by atoms with E-state index in [-0.39, 0.29) is 5.56 Å². The minimum atomic E-state index is -0.524. The Morgan fingerprint density at radius 2 is 1.92 bits per heavy atom. The van der Waals surface area contributed by atoms with E-state index in [2.05, 4.69) is 15.2 Å². The van der Waals surface area contributed by atoms with E-state index in [4.69, 9.17) is 10.3 Å². The molecule has 0 aliphatic heterocycles. The first kappa shape index (κ1) is 16.9. The van der Waals surface area contributed by atoms with Crippen LogP contribution in [0.5, 0.6) is 0 Å². The number of hydrogen-bond donors (Lipinski definition) is 1. The normalized spacial score (nSPS) is 16.6. The average molecular weight is 353 g/mol. The van der Waals surface area contributed by atoms with Crippen molar-refractivity contribution in [3.05, 3.63) is 40.4 Å². The van der Waals surface area contributed by atoms with Crippen molar-refractivity contribution < 1.29 is 4.52 Å². The number of nitrogens with zero attached hydrogens (tertiary/aromatic N) is 4.